The summed E-state index contributed by atoms with van der Waals surface area (Å²) in [4.78, 5) is 4.95. The molecule has 0 radical (unpaired) electrons. The zero-order valence-electron chi connectivity index (χ0n) is 19.5. The first-order valence-corrected chi connectivity index (χ1v) is 11.1. The predicted octanol–water partition coefficient (Wildman–Crippen LogP) is 6.61. The molecule has 0 bridgehead atoms. The lowest BCUT2D eigenvalue weighted by Gasteiger charge is -2.24. The second-order valence-corrected chi connectivity index (χ2v) is 9.53. The maximum Gasteiger partial charge on any atom is 0.213 e. The number of rotatable bonds is 2. The molecule has 3 heteroatoms. The summed E-state index contributed by atoms with van der Waals surface area (Å²) >= 11 is 0. The Morgan fingerprint density at radius 1 is 0.812 bits per heavy atom. The molecular formula is C29H28FN2+. The Kier molecular flexibility index (Phi) is 4.56. The number of benzene rings is 2. The summed E-state index contributed by atoms with van der Waals surface area (Å²) in [5, 5.41) is 0. The second-order valence-electron chi connectivity index (χ2n) is 9.53. The van der Waals surface area contributed by atoms with Gasteiger partial charge in [0.1, 0.15) is 12.9 Å². The van der Waals surface area contributed by atoms with E-state index in [1.165, 1.54) is 51.2 Å². The van der Waals surface area contributed by atoms with Gasteiger partial charge in [-0.3, -0.25) is 4.98 Å². The van der Waals surface area contributed by atoms with Crippen LogP contribution in [0.25, 0.3) is 33.5 Å². The zero-order valence-corrected chi connectivity index (χ0v) is 19.5. The lowest BCUT2D eigenvalue weighted by molar-refractivity contribution is -0.660. The Balaban J connectivity index is 1.74. The highest BCUT2D eigenvalue weighted by atomic mass is 19.1. The van der Waals surface area contributed by atoms with Gasteiger partial charge in [0.2, 0.25) is 5.69 Å². The quantitative estimate of drug-likeness (QED) is 0.332. The molecule has 160 valence electrons. The SMILES string of the molecule is Cc1ccc2c(n1)C(C)(C)c1c-2ccc(C)c1-c1cc(C)c(-c2ccc(F)cc2)c[n+]1C. The fourth-order valence-corrected chi connectivity index (χ4v) is 5.21. The van der Waals surface area contributed by atoms with Crippen LogP contribution < -0.4 is 4.57 Å². The Hall–Kier alpha value is -3.33. The molecule has 0 amide bonds. The minimum Gasteiger partial charge on any atom is -0.257 e. The highest BCUT2D eigenvalue weighted by molar-refractivity contribution is 5.87. The number of nitrogens with zero attached hydrogens (tertiary/aromatic N) is 2. The van der Waals surface area contributed by atoms with Gasteiger partial charge in [-0.1, -0.05) is 44.2 Å². The first-order chi connectivity index (χ1) is 15.2. The molecular weight excluding hydrogens is 395 g/mol. The van der Waals surface area contributed by atoms with E-state index >= 15 is 0 Å². The summed E-state index contributed by atoms with van der Waals surface area (Å²) in [7, 11) is 2.10. The van der Waals surface area contributed by atoms with Gasteiger partial charge in [0.15, 0.2) is 6.20 Å². The van der Waals surface area contributed by atoms with Gasteiger partial charge >= 0.3 is 0 Å². The number of aryl methyl sites for hydroxylation is 4. The molecule has 5 rings (SSSR count). The molecule has 0 saturated heterocycles. The minimum absolute atomic E-state index is 0.186. The molecule has 0 spiro atoms. The summed E-state index contributed by atoms with van der Waals surface area (Å²) in [6.45, 7) is 10.9. The number of hydrogen-bond donors (Lipinski definition) is 0. The molecule has 4 aromatic rings. The van der Waals surface area contributed by atoms with E-state index in [0.29, 0.717) is 0 Å². The molecule has 1 aliphatic carbocycles. The van der Waals surface area contributed by atoms with Crippen molar-refractivity contribution in [2.75, 3.05) is 0 Å². The molecule has 2 nitrogen and oxygen atoms in total. The van der Waals surface area contributed by atoms with E-state index in [4.69, 9.17) is 4.98 Å². The Labute approximate surface area is 189 Å². The van der Waals surface area contributed by atoms with Crippen molar-refractivity contribution < 1.29 is 8.96 Å². The number of pyridine rings is 2. The van der Waals surface area contributed by atoms with Gasteiger partial charge in [-0.25, -0.2) is 8.96 Å². The van der Waals surface area contributed by atoms with Crippen molar-refractivity contribution in [2.24, 2.45) is 7.05 Å². The molecule has 0 aliphatic heterocycles. The van der Waals surface area contributed by atoms with E-state index in [0.717, 1.165) is 22.5 Å². The molecule has 2 aromatic heterocycles. The van der Waals surface area contributed by atoms with Crippen molar-refractivity contribution in [1.82, 2.24) is 4.98 Å². The third-order valence-electron chi connectivity index (χ3n) is 6.85. The third kappa shape index (κ3) is 2.99. The molecule has 1 aliphatic rings. The summed E-state index contributed by atoms with van der Waals surface area (Å²) in [5.41, 5.74) is 12.9. The van der Waals surface area contributed by atoms with E-state index < -0.39 is 0 Å². The maximum absolute atomic E-state index is 13.4. The standard InChI is InChI=1S/C29H28FN2/c1-17-7-13-22-23-14-8-19(3)31-28(23)29(4,5)27(22)26(17)25-15-18(2)24(16-32(25)6)20-9-11-21(30)12-10-20/h7-16H,1-6H3/q+1. The molecule has 2 aromatic carbocycles. The van der Waals surface area contributed by atoms with Gasteiger partial charge in [-0.2, -0.15) is 0 Å². The maximum atomic E-state index is 13.4. The van der Waals surface area contributed by atoms with Gasteiger partial charge < -0.3 is 0 Å². The first kappa shape index (κ1) is 20.6. The number of aromatic nitrogens is 2. The van der Waals surface area contributed by atoms with Crippen molar-refractivity contribution in [3.05, 3.63) is 94.7 Å². The normalized spacial score (nSPS) is 13.7. The van der Waals surface area contributed by atoms with Crippen molar-refractivity contribution in [3.63, 3.8) is 0 Å². The monoisotopic (exact) mass is 423 g/mol. The Bertz CT molecular complexity index is 1380. The van der Waals surface area contributed by atoms with Crippen molar-refractivity contribution >= 4 is 0 Å². The highest BCUT2D eigenvalue weighted by Gasteiger charge is 2.41. The van der Waals surface area contributed by atoms with Crippen LogP contribution >= 0.6 is 0 Å². The lowest BCUT2D eigenvalue weighted by Crippen LogP contribution is -2.32. The average molecular weight is 424 g/mol. The van der Waals surface area contributed by atoms with Crippen LogP contribution in [0.5, 0.6) is 0 Å². The summed E-state index contributed by atoms with van der Waals surface area (Å²) in [6, 6.07) is 17.8. The van der Waals surface area contributed by atoms with Crippen LogP contribution in [0.4, 0.5) is 4.39 Å². The number of fused-ring (bicyclic) bond motifs is 3. The zero-order chi connectivity index (χ0) is 22.8. The van der Waals surface area contributed by atoms with Crippen molar-refractivity contribution in [1.29, 1.82) is 0 Å². The van der Waals surface area contributed by atoms with Crippen molar-refractivity contribution in [3.8, 4) is 33.5 Å². The van der Waals surface area contributed by atoms with E-state index in [1.807, 2.05) is 12.1 Å². The Morgan fingerprint density at radius 2 is 1.50 bits per heavy atom. The smallest absolute Gasteiger partial charge is 0.213 e. The van der Waals surface area contributed by atoms with Crippen LogP contribution in [-0.2, 0) is 12.5 Å². The lowest BCUT2D eigenvalue weighted by atomic mass is 9.79. The van der Waals surface area contributed by atoms with Crippen LogP contribution in [0.3, 0.4) is 0 Å². The molecule has 0 unspecified atom stereocenters. The fourth-order valence-electron chi connectivity index (χ4n) is 5.21. The topological polar surface area (TPSA) is 16.8 Å². The first-order valence-electron chi connectivity index (χ1n) is 11.1. The van der Waals surface area contributed by atoms with E-state index in [-0.39, 0.29) is 11.2 Å². The van der Waals surface area contributed by atoms with Crippen LogP contribution in [0.1, 0.15) is 41.9 Å². The molecule has 0 fully saturated rings. The van der Waals surface area contributed by atoms with Crippen LogP contribution in [0.15, 0.2) is 60.8 Å². The third-order valence-corrected chi connectivity index (χ3v) is 6.85. The van der Waals surface area contributed by atoms with E-state index in [2.05, 4.69) is 82.8 Å². The fraction of sp³-hybridized carbons (Fsp3) is 0.241. The summed E-state index contributed by atoms with van der Waals surface area (Å²) in [5.74, 6) is -0.214. The highest BCUT2D eigenvalue weighted by Crippen LogP contribution is 2.52. The number of hydrogen-bond acceptors (Lipinski definition) is 1. The molecule has 0 saturated carbocycles. The minimum atomic E-state index is -0.214. The predicted molar refractivity (Wildman–Crippen MR) is 128 cm³/mol. The van der Waals surface area contributed by atoms with E-state index in [1.54, 1.807) is 0 Å². The molecule has 2 heterocycles. The molecule has 0 atom stereocenters. The van der Waals surface area contributed by atoms with Gasteiger partial charge in [-0.05, 0) is 66.8 Å². The summed E-state index contributed by atoms with van der Waals surface area (Å²) < 4.78 is 15.6. The van der Waals surface area contributed by atoms with Crippen LogP contribution in [0, 0.1) is 26.6 Å². The largest absolute Gasteiger partial charge is 0.257 e. The van der Waals surface area contributed by atoms with E-state index in [9.17, 15) is 4.39 Å². The van der Waals surface area contributed by atoms with Gasteiger partial charge in [-0.15, -0.1) is 0 Å². The van der Waals surface area contributed by atoms with Gasteiger partial charge in [0, 0.05) is 28.3 Å². The molecule has 0 N–H and O–H groups in total. The van der Waals surface area contributed by atoms with Gasteiger partial charge in [0.05, 0.1) is 11.3 Å². The molecule has 32 heavy (non-hydrogen) atoms. The average Bonchev–Trinajstić information content (AvgIpc) is 2.97. The van der Waals surface area contributed by atoms with Gasteiger partial charge in [0.25, 0.3) is 0 Å². The van der Waals surface area contributed by atoms with Crippen molar-refractivity contribution in [2.45, 2.75) is 40.0 Å². The number of halogens is 1. The van der Waals surface area contributed by atoms with Crippen LogP contribution in [-0.4, -0.2) is 4.98 Å². The van der Waals surface area contributed by atoms with Crippen LogP contribution in [0.2, 0.25) is 0 Å². The summed E-state index contributed by atoms with van der Waals surface area (Å²) in [6.07, 6.45) is 2.16. The second kappa shape index (κ2) is 7.09. The Morgan fingerprint density at radius 3 is 2.22 bits per heavy atom.